The third-order valence-corrected chi connectivity index (χ3v) is 3.39. The Labute approximate surface area is 132 Å². The highest BCUT2D eigenvalue weighted by Gasteiger charge is 2.37. The molecule has 0 saturated heterocycles. The van der Waals surface area contributed by atoms with Gasteiger partial charge in [-0.05, 0) is 30.2 Å². The van der Waals surface area contributed by atoms with E-state index in [4.69, 9.17) is 4.74 Å². The van der Waals surface area contributed by atoms with E-state index in [9.17, 15) is 19.1 Å². The summed E-state index contributed by atoms with van der Waals surface area (Å²) in [6, 6.07) is 14.0. The molecule has 0 bridgehead atoms. The monoisotopic (exact) mass is 317 g/mol. The summed E-state index contributed by atoms with van der Waals surface area (Å²) in [5, 5.41) is 11.7. The Hall–Kier alpha value is -2.89. The molecule has 1 amide bonds. The van der Waals surface area contributed by atoms with Gasteiger partial charge in [-0.25, -0.2) is 14.0 Å². The van der Waals surface area contributed by atoms with Crippen LogP contribution in [0.25, 0.3) is 0 Å². The fourth-order valence-electron chi connectivity index (χ4n) is 2.01. The summed E-state index contributed by atoms with van der Waals surface area (Å²) in [7, 11) is 0. The highest BCUT2D eigenvalue weighted by molar-refractivity contribution is 5.85. The van der Waals surface area contributed by atoms with Crippen LogP contribution < -0.4 is 5.32 Å². The first-order valence-electron chi connectivity index (χ1n) is 6.90. The molecule has 0 aliphatic heterocycles. The molecule has 0 fully saturated rings. The lowest BCUT2D eigenvalue weighted by atomic mass is 9.92. The summed E-state index contributed by atoms with van der Waals surface area (Å²) in [6.45, 7) is 1.28. The summed E-state index contributed by atoms with van der Waals surface area (Å²) in [6.07, 6.45) is -0.900. The van der Waals surface area contributed by atoms with Crippen LogP contribution in [0.1, 0.15) is 18.1 Å². The van der Waals surface area contributed by atoms with Gasteiger partial charge < -0.3 is 15.2 Å². The van der Waals surface area contributed by atoms with Crippen molar-refractivity contribution in [3.05, 3.63) is 71.5 Å². The zero-order valence-electron chi connectivity index (χ0n) is 12.5. The average molecular weight is 317 g/mol. The van der Waals surface area contributed by atoms with Crippen molar-refractivity contribution in [1.29, 1.82) is 0 Å². The molecule has 6 heteroatoms. The Morgan fingerprint density at radius 3 is 2.48 bits per heavy atom. The van der Waals surface area contributed by atoms with Crippen LogP contribution in [0.15, 0.2) is 54.6 Å². The molecule has 2 rings (SSSR count). The number of amides is 1. The van der Waals surface area contributed by atoms with Gasteiger partial charge in [-0.3, -0.25) is 0 Å². The molecule has 2 aromatic rings. The summed E-state index contributed by atoms with van der Waals surface area (Å²) in [5.74, 6) is -1.91. The Morgan fingerprint density at radius 2 is 1.87 bits per heavy atom. The first-order chi connectivity index (χ1) is 10.9. The van der Waals surface area contributed by atoms with E-state index in [2.05, 4.69) is 5.32 Å². The quantitative estimate of drug-likeness (QED) is 0.888. The van der Waals surface area contributed by atoms with Crippen LogP contribution in [0.3, 0.4) is 0 Å². The number of carbonyl (C=O) groups is 2. The minimum absolute atomic E-state index is 0.00548. The molecule has 0 spiro atoms. The van der Waals surface area contributed by atoms with E-state index in [1.54, 1.807) is 24.3 Å². The molecule has 5 nitrogen and oxygen atoms in total. The number of nitrogens with one attached hydrogen (secondary N) is 1. The van der Waals surface area contributed by atoms with Crippen molar-refractivity contribution in [2.24, 2.45) is 0 Å². The van der Waals surface area contributed by atoms with Gasteiger partial charge in [-0.1, -0.05) is 42.5 Å². The van der Waals surface area contributed by atoms with Gasteiger partial charge in [0, 0.05) is 0 Å². The van der Waals surface area contributed by atoms with Gasteiger partial charge in [0.1, 0.15) is 12.4 Å². The molecule has 0 aliphatic rings. The van der Waals surface area contributed by atoms with E-state index in [1.807, 2.05) is 6.07 Å². The lowest BCUT2D eigenvalue weighted by Crippen LogP contribution is -2.49. The molecule has 0 heterocycles. The summed E-state index contributed by atoms with van der Waals surface area (Å²) in [5.41, 5.74) is -0.914. The molecular weight excluding hydrogens is 301 g/mol. The minimum Gasteiger partial charge on any atom is -0.479 e. The number of hydrogen-bond donors (Lipinski definition) is 2. The van der Waals surface area contributed by atoms with Crippen LogP contribution in [0.5, 0.6) is 0 Å². The van der Waals surface area contributed by atoms with Gasteiger partial charge in [0.15, 0.2) is 5.54 Å². The molecule has 1 atom stereocenters. The lowest BCUT2D eigenvalue weighted by molar-refractivity contribution is -0.144. The summed E-state index contributed by atoms with van der Waals surface area (Å²) < 4.78 is 18.3. The summed E-state index contributed by atoms with van der Waals surface area (Å²) >= 11 is 0. The predicted octanol–water partition coefficient (Wildman–Crippen LogP) is 3.05. The lowest BCUT2D eigenvalue weighted by Gasteiger charge is -2.26. The Kier molecular flexibility index (Phi) is 4.95. The molecule has 120 valence electrons. The van der Waals surface area contributed by atoms with Gasteiger partial charge in [-0.15, -0.1) is 0 Å². The molecule has 1 unspecified atom stereocenters. The fourth-order valence-corrected chi connectivity index (χ4v) is 2.01. The smallest absolute Gasteiger partial charge is 0.408 e. The molecule has 0 saturated carbocycles. The number of aliphatic carboxylic acids is 1. The topological polar surface area (TPSA) is 75.6 Å². The number of ether oxygens (including phenoxy) is 1. The van der Waals surface area contributed by atoms with E-state index in [-0.39, 0.29) is 12.2 Å². The van der Waals surface area contributed by atoms with Crippen LogP contribution in [0.2, 0.25) is 0 Å². The number of halogens is 1. The molecule has 2 N–H and O–H groups in total. The van der Waals surface area contributed by atoms with Gasteiger partial charge in [0.25, 0.3) is 0 Å². The minimum atomic E-state index is -1.80. The molecule has 23 heavy (non-hydrogen) atoms. The van der Waals surface area contributed by atoms with Crippen LogP contribution >= 0.6 is 0 Å². The zero-order chi connectivity index (χ0) is 16.9. The van der Waals surface area contributed by atoms with E-state index in [0.717, 1.165) is 11.6 Å². The number of carbonyl (C=O) groups excluding carboxylic acids is 1. The van der Waals surface area contributed by atoms with Crippen molar-refractivity contribution in [2.75, 3.05) is 0 Å². The van der Waals surface area contributed by atoms with Crippen molar-refractivity contribution in [1.82, 2.24) is 5.32 Å². The van der Waals surface area contributed by atoms with Crippen molar-refractivity contribution in [3.8, 4) is 0 Å². The Morgan fingerprint density at radius 1 is 1.17 bits per heavy atom. The zero-order valence-corrected chi connectivity index (χ0v) is 12.5. The predicted molar refractivity (Wildman–Crippen MR) is 81.2 cm³/mol. The van der Waals surface area contributed by atoms with E-state index in [1.165, 1.54) is 25.1 Å². The maximum atomic E-state index is 13.3. The van der Waals surface area contributed by atoms with Crippen LogP contribution in [-0.2, 0) is 21.7 Å². The third kappa shape index (κ3) is 4.06. The third-order valence-electron chi connectivity index (χ3n) is 3.39. The number of carboxylic acids is 1. The fraction of sp³-hybridized carbons (Fsp3) is 0.176. The van der Waals surface area contributed by atoms with Gasteiger partial charge >= 0.3 is 12.1 Å². The van der Waals surface area contributed by atoms with E-state index in [0.29, 0.717) is 0 Å². The maximum Gasteiger partial charge on any atom is 0.408 e. The van der Waals surface area contributed by atoms with E-state index < -0.39 is 23.4 Å². The highest BCUT2D eigenvalue weighted by atomic mass is 19.1. The van der Waals surface area contributed by atoms with E-state index >= 15 is 0 Å². The SMILES string of the molecule is CC(NC(=O)OCc1ccccc1)(C(=O)O)c1cccc(F)c1. The Bertz CT molecular complexity index is 705. The summed E-state index contributed by atoms with van der Waals surface area (Å²) in [4.78, 5) is 23.5. The average Bonchev–Trinajstić information content (AvgIpc) is 2.53. The van der Waals surface area contributed by atoms with Crippen molar-refractivity contribution in [3.63, 3.8) is 0 Å². The number of rotatable bonds is 5. The second-order valence-electron chi connectivity index (χ2n) is 5.13. The van der Waals surface area contributed by atoms with Gasteiger partial charge in [0.2, 0.25) is 0 Å². The second-order valence-corrected chi connectivity index (χ2v) is 5.13. The van der Waals surface area contributed by atoms with Crippen molar-refractivity contribution < 1.29 is 23.8 Å². The van der Waals surface area contributed by atoms with Gasteiger partial charge in [-0.2, -0.15) is 0 Å². The molecular formula is C17H16FNO4. The first kappa shape index (κ1) is 16.5. The molecule has 0 radical (unpaired) electrons. The number of carboxylic acid groups (broad SMARTS) is 1. The molecule has 0 aliphatic carbocycles. The standard InChI is InChI=1S/C17H16FNO4/c1-17(15(20)21,13-8-5-9-14(18)10-13)19-16(22)23-11-12-6-3-2-4-7-12/h2-10H,11H2,1H3,(H,19,22)(H,20,21). The molecule has 2 aromatic carbocycles. The highest BCUT2D eigenvalue weighted by Crippen LogP contribution is 2.22. The number of hydrogen-bond acceptors (Lipinski definition) is 3. The van der Waals surface area contributed by atoms with Crippen LogP contribution in [-0.4, -0.2) is 17.2 Å². The van der Waals surface area contributed by atoms with Crippen LogP contribution in [0.4, 0.5) is 9.18 Å². The second kappa shape index (κ2) is 6.91. The molecule has 0 aromatic heterocycles. The Balaban J connectivity index is 2.10. The first-order valence-corrected chi connectivity index (χ1v) is 6.90. The van der Waals surface area contributed by atoms with Gasteiger partial charge in [0.05, 0.1) is 0 Å². The number of alkyl carbamates (subject to hydrolysis) is 1. The normalized spacial score (nSPS) is 13.0. The van der Waals surface area contributed by atoms with Crippen molar-refractivity contribution in [2.45, 2.75) is 19.1 Å². The number of benzene rings is 2. The largest absolute Gasteiger partial charge is 0.479 e. The van der Waals surface area contributed by atoms with Crippen molar-refractivity contribution >= 4 is 12.1 Å². The van der Waals surface area contributed by atoms with Crippen LogP contribution in [0, 0.1) is 5.82 Å². The maximum absolute atomic E-state index is 13.3.